The molecule has 1 atom stereocenters. The Bertz CT molecular complexity index is 891. The maximum absolute atomic E-state index is 11.4. The largest absolute Gasteiger partial charge is 0.469 e. The molecule has 20 heavy (non-hydrogen) atoms. The first-order valence-electron chi connectivity index (χ1n) is 6.00. The van der Waals surface area contributed by atoms with E-state index < -0.39 is 11.1 Å². The van der Waals surface area contributed by atoms with Crippen molar-refractivity contribution in [1.82, 2.24) is 9.97 Å². The van der Waals surface area contributed by atoms with Crippen LogP contribution in [0.15, 0.2) is 44.5 Å². The first kappa shape index (κ1) is 12.9. The van der Waals surface area contributed by atoms with Gasteiger partial charge in [0.05, 0.1) is 22.1 Å². The van der Waals surface area contributed by atoms with Gasteiger partial charge in [0.1, 0.15) is 5.76 Å². The number of aromatic nitrogens is 2. The molecule has 0 saturated heterocycles. The minimum atomic E-state index is -0.653. The van der Waals surface area contributed by atoms with E-state index in [0.29, 0.717) is 11.0 Å². The average molecular weight is 335 g/mol. The normalized spacial score (nSPS) is 12.7. The second-order valence-corrected chi connectivity index (χ2v) is 5.48. The molecule has 0 amide bonds. The molecule has 0 aliphatic heterocycles. The lowest BCUT2D eigenvalue weighted by Gasteiger charge is -2.08. The number of furan rings is 1. The van der Waals surface area contributed by atoms with Crippen molar-refractivity contribution in [2.24, 2.45) is 0 Å². The van der Waals surface area contributed by atoms with Crippen LogP contribution in [0, 0.1) is 6.92 Å². The molecule has 5 nitrogen and oxygen atoms in total. The molecular formula is C14H11BrN2O3. The topological polar surface area (TPSA) is 78.9 Å². The molecule has 0 fully saturated rings. The van der Waals surface area contributed by atoms with Gasteiger partial charge in [-0.1, -0.05) is 22.0 Å². The molecule has 2 N–H and O–H groups in total. The van der Waals surface area contributed by atoms with Crippen LogP contribution >= 0.6 is 15.9 Å². The molecule has 2 aromatic heterocycles. The number of halogens is 1. The summed E-state index contributed by atoms with van der Waals surface area (Å²) >= 11 is 3.60. The zero-order chi connectivity index (χ0) is 14.3. The first-order valence-corrected chi connectivity index (χ1v) is 6.91. The van der Waals surface area contributed by atoms with E-state index in [1.165, 1.54) is 0 Å². The lowest BCUT2D eigenvalue weighted by atomic mass is 10.1. The number of hydrogen-bond donors (Lipinski definition) is 2. The van der Waals surface area contributed by atoms with Gasteiger partial charge in [0.15, 0.2) is 0 Å². The van der Waals surface area contributed by atoms with E-state index in [1.807, 2.05) is 25.1 Å². The van der Waals surface area contributed by atoms with E-state index in [-0.39, 0.29) is 4.83 Å². The van der Waals surface area contributed by atoms with E-state index in [2.05, 4.69) is 25.9 Å². The standard InChI is InChI=1S/C14H11BrN2O3/c1-7-4-9(6-20-7)12(15)8-2-3-10-11(5-8)17-14(19)13(18)16-10/h2-6,12H,1H3,(H,16,18)(H,17,19). The fourth-order valence-corrected chi connectivity index (χ4v) is 2.60. The Labute approximate surface area is 121 Å². The Kier molecular flexibility index (Phi) is 3.10. The molecule has 0 saturated carbocycles. The molecule has 1 aromatic carbocycles. The Morgan fingerprint density at radius 3 is 2.40 bits per heavy atom. The van der Waals surface area contributed by atoms with Crippen molar-refractivity contribution in [3.8, 4) is 0 Å². The molecule has 0 bridgehead atoms. The zero-order valence-electron chi connectivity index (χ0n) is 10.6. The van der Waals surface area contributed by atoms with Gasteiger partial charge >= 0.3 is 11.1 Å². The molecule has 3 rings (SSSR count). The second kappa shape index (κ2) is 4.79. The second-order valence-electron chi connectivity index (χ2n) is 4.57. The summed E-state index contributed by atoms with van der Waals surface area (Å²) in [6.45, 7) is 1.88. The Morgan fingerprint density at radius 1 is 1.05 bits per heavy atom. The van der Waals surface area contributed by atoms with Crippen molar-refractivity contribution < 1.29 is 4.42 Å². The minimum Gasteiger partial charge on any atom is -0.469 e. The highest BCUT2D eigenvalue weighted by Gasteiger charge is 2.13. The van der Waals surface area contributed by atoms with Crippen molar-refractivity contribution in [3.63, 3.8) is 0 Å². The lowest BCUT2D eigenvalue weighted by molar-refractivity contribution is 0.532. The molecule has 2 heterocycles. The highest BCUT2D eigenvalue weighted by molar-refractivity contribution is 9.09. The molecule has 0 spiro atoms. The Morgan fingerprint density at radius 2 is 1.75 bits per heavy atom. The van der Waals surface area contributed by atoms with Crippen LogP contribution in [0.4, 0.5) is 0 Å². The number of aromatic amines is 2. The molecule has 3 aromatic rings. The number of fused-ring (bicyclic) bond motifs is 1. The van der Waals surface area contributed by atoms with Crippen LogP contribution in [0.2, 0.25) is 0 Å². The summed E-state index contributed by atoms with van der Waals surface area (Å²) in [6.07, 6.45) is 1.69. The molecule has 0 aliphatic carbocycles. The number of nitrogens with one attached hydrogen (secondary N) is 2. The third-order valence-corrected chi connectivity index (χ3v) is 4.14. The van der Waals surface area contributed by atoms with Gasteiger partial charge in [0.25, 0.3) is 0 Å². The zero-order valence-corrected chi connectivity index (χ0v) is 12.2. The summed E-state index contributed by atoms with van der Waals surface area (Å²) in [5.74, 6) is 0.836. The number of aryl methyl sites for hydroxylation is 1. The molecular weight excluding hydrogens is 324 g/mol. The monoisotopic (exact) mass is 334 g/mol. The van der Waals surface area contributed by atoms with Gasteiger partial charge in [-0.2, -0.15) is 0 Å². The SMILES string of the molecule is Cc1cc(C(Br)c2ccc3[nH]c(=O)c(=O)[nH]c3c2)co1. The van der Waals surface area contributed by atoms with Crippen molar-refractivity contribution in [1.29, 1.82) is 0 Å². The first-order chi connectivity index (χ1) is 9.54. The van der Waals surface area contributed by atoms with E-state index in [1.54, 1.807) is 12.3 Å². The van der Waals surface area contributed by atoms with Crippen molar-refractivity contribution >= 4 is 27.0 Å². The van der Waals surface area contributed by atoms with Gasteiger partial charge in [0, 0.05) is 5.56 Å². The van der Waals surface area contributed by atoms with Gasteiger partial charge in [-0.25, -0.2) is 0 Å². The number of benzene rings is 1. The summed E-state index contributed by atoms with van der Waals surface area (Å²) in [5, 5.41) is 0. The smallest absolute Gasteiger partial charge is 0.314 e. The van der Waals surface area contributed by atoms with Crippen LogP contribution in [0.5, 0.6) is 0 Å². The maximum Gasteiger partial charge on any atom is 0.314 e. The van der Waals surface area contributed by atoms with Crippen LogP contribution in [0.1, 0.15) is 21.7 Å². The van der Waals surface area contributed by atoms with E-state index in [9.17, 15) is 9.59 Å². The minimum absolute atomic E-state index is 0.0419. The quantitative estimate of drug-likeness (QED) is 0.558. The van der Waals surface area contributed by atoms with Gasteiger partial charge in [0.2, 0.25) is 0 Å². The summed E-state index contributed by atoms with van der Waals surface area (Å²) < 4.78 is 5.29. The van der Waals surface area contributed by atoms with E-state index >= 15 is 0 Å². The predicted molar refractivity (Wildman–Crippen MR) is 79.4 cm³/mol. The number of hydrogen-bond acceptors (Lipinski definition) is 3. The van der Waals surface area contributed by atoms with Crippen molar-refractivity contribution in [2.45, 2.75) is 11.8 Å². The van der Waals surface area contributed by atoms with Gasteiger partial charge in [-0.3, -0.25) is 9.59 Å². The van der Waals surface area contributed by atoms with Crippen LogP contribution in [0.25, 0.3) is 11.0 Å². The third kappa shape index (κ3) is 2.22. The molecule has 102 valence electrons. The third-order valence-electron chi connectivity index (χ3n) is 3.08. The number of alkyl halides is 1. The Balaban J connectivity index is 2.11. The highest BCUT2D eigenvalue weighted by Crippen LogP contribution is 2.32. The summed E-state index contributed by atoms with van der Waals surface area (Å²) in [5.41, 5.74) is 1.85. The predicted octanol–water partition coefficient (Wildman–Crippen LogP) is 2.60. The average Bonchev–Trinajstić information content (AvgIpc) is 2.85. The molecule has 1 unspecified atom stereocenters. The maximum atomic E-state index is 11.4. The fourth-order valence-electron chi connectivity index (χ4n) is 2.08. The molecule has 0 aliphatic rings. The van der Waals surface area contributed by atoms with Crippen LogP contribution < -0.4 is 11.1 Å². The summed E-state index contributed by atoms with van der Waals surface area (Å²) in [4.78, 5) is 27.7. The highest BCUT2D eigenvalue weighted by atomic mass is 79.9. The van der Waals surface area contributed by atoms with Crippen molar-refractivity contribution in [2.75, 3.05) is 0 Å². The fraction of sp³-hybridized carbons (Fsp3) is 0.143. The summed E-state index contributed by atoms with van der Waals surface area (Å²) in [7, 11) is 0. The molecule has 0 radical (unpaired) electrons. The Hall–Kier alpha value is -2.08. The van der Waals surface area contributed by atoms with E-state index in [4.69, 9.17) is 4.42 Å². The van der Waals surface area contributed by atoms with E-state index in [0.717, 1.165) is 16.9 Å². The van der Waals surface area contributed by atoms with Crippen molar-refractivity contribution in [3.05, 3.63) is 68.1 Å². The lowest BCUT2D eigenvalue weighted by Crippen LogP contribution is -2.28. The van der Waals surface area contributed by atoms with Crippen LogP contribution in [-0.2, 0) is 0 Å². The number of rotatable bonds is 2. The van der Waals surface area contributed by atoms with Gasteiger partial charge in [-0.15, -0.1) is 0 Å². The van der Waals surface area contributed by atoms with Gasteiger partial charge in [-0.05, 0) is 30.7 Å². The number of H-pyrrole nitrogens is 2. The molecule has 6 heteroatoms. The van der Waals surface area contributed by atoms with Gasteiger partial charge < -0.3 is 14.4 Å². The summed E-state index contributed by atoms with van der Waals surface area (Å²) in [6, 6.07) is 7.43. The van der Waals surface area contributed by atoms with Crippen LogP contribution in [0.3, 0.4) is 0 Å². The van der Waals surface area contributed by atoms with Crippen LogP contribution in [-0.4, -0.2) is 9.97 Å².